The van der Waals surface area contributed by atoms with Crippen molar-refractivity contribution < 1.29 is 0 Å². The molecule has 0 radical (unpaired) electrons. The van der Waals surface area contributed by atoms with E-state index in [2.05, 4.69) is 24.3 Å². The van der Waals surface area contributed by atoms with E-state index in [4.69, 9.17) is 5.73 Å². The quantitative estimate of drug-likeness (QED) is 0.753. The zero-order chi connectivity index (χ0) is 13.1. The number of nitrogens with two attached hydrogens (primary N) is 1. The summed E-state index contributed by atoms with van der Waals surface area (Å²) in [6, 6.07) is 9.06. The Labute approximate surface area is 117 Å². The van der Waals surface area contributed by atoms with Crippen molar-refractivity contribution in [3.8, 4) is 0 Å². The van der Waals surface area contributed by atoms with Crippen LogP contribution in [0.2, 0.25) is 0 Å². The normalized spacial score (nSPS) is 24.3. The van der Waals surface area contributed by atoms with Crippen molar-refractivity contribution in [3.05, 3.63) is 35.4 Å². The Morgan fingerprint density at radius 1 is 0.842 bits per heavy atom. The molecule has 2 fully saturated rings. The molecule has 1 heteroatoms. The molecule has 3 rings (SSSR count). The Morgan fingerprint density at radius 2 is 1.47 bits per heavy atom. The first-order valence-electron chi connectivity index (χ1n) is 8.18. The van der Waals surface area contributed by atoms with Gasteiger partial charge in [-0.15, -0.1) is 0 Å². The number of hydrogen-bond donors (Lipinski definition) is 1. The third-order valence-corrected chi connectivity index (χ3v) is 5.29. The maximum Gasteiger partial charge on any atom is 0.0412 e. The molecule has 0 unspecified atom stereocenters. The van der Waals surface area contributed by atoms with Gasteiger partial charge in [0.25, 0.3) is 0 Å². The van der Waals surface area contributed by atoms with Crippen molar-refractivity contribution >= 4 is 0 Å². The lowest BCUT2D eigenvalue weighted by Gasteiger charge is -2.30. The molecule has 1 aromatic rings. The highest BCUT2D eigenvalue weighted by Crippen LogP contribution is 2.42. The van der Waals surface area contributed by atoms with Gasteiger partial charge in [0.1, 0.15) is 0 Å². The van der Waals surface area contributed by atoms with Gasteiger partial charge < -0.3 is 5.73 Å². The molecule has 0 aromatic heterocycles. The van der Waals surface area contributed by atoms with Gasteiger partial charge in [0.15, 0.2) is 0 Å². The number of benzene rings is 1. The average molecular weight is 257 g/mol. The van der Waals surface area contributed by atoms with E-state index in [9.17, 15) is 0 Å². The van der Waals surface area contributed by atoms with Crippen LogP contribution < -0.4 is 5.73 Å². The van der Waals surface area contributed by atoms with Crippen LogP contribution in [0.4, 0.5) is 0 Å². The summed E-state index contributed by atoms with van der Waals surface area (Å²) in [6.45, 7) is 0. The summed E-state index contributed by atoms with van der Waals surface area (Å²) in [6.07, 6.45) is 13.3. The summed E-state index contributed by atoms with van der Waals surface area (Å²) in [4.78, 5) is 0. The lowest BCUT2D eigenvalue weighted by molar-refractivity contribution is 0.448. The Morgan fingerprint density at radius 3 is 2.16 bits per heavy atom. The average Bonchev–Trinajstić information content (AvgIpc) is 2.73. The molecule has 104 valence electrons. The van der Waals surface area contributed by atoms with Crippen LogP contribution in [0.5, 0.6) is 0 Å². The summed E-state index contributed by atoms with van der Waals surface area (Å²) >= 11 is 0. The number of rotatable bonds is 2. The van der Waals surface area contributed by atoms with Gasteiger partial charge in [0.2, 0.25) is 0 Å². The molecule has 0 aliphatic heterocycles. The fraction of sp³-hybridized carbons (Fsp3) is 0.667. The fourth-order valence-electron chi connectivity index (χ4n) is 4.17. The molecule has 0 atom stereocenters. The summed E-state index contributed by atoms with van der Waals surface area (Å²) in [5.41, 5.74) is 9.75. The standard InChI is InChI=1S/C18H27N/c19-18(13-7-8-14-18)17-12-6-5-11-16(17)15-9-3-1-2-4-10-15/h5-6,11-12,15H,1-4,7-10,13-14,19H2. The maximum atomic E-state index is 6.73. The monoisotopic (exact) mass is 257 g/mol. The maximum absolute atomic E-state index is 6.73. The van der Waals surface area contributed by atoms with Gasteiger partial charge in [0.05, 0.1) is 0 Å². The van der Waals surface area contributed by atoms with E-state index in [0.717, 1.165) is 5.92 Å². The topological polar surface area (TPSA) is 26.0 Å². The van der Waals surface area contributed by atoms with E-state index in [0.29, 0.717) is 0 Å². The van der Waals surface area contributed by atoms with Crippen LogP contribution in [0.25, 0.3) is 0 Å². The predicted octanol–water partition coefficient (Wildman–Crippen LogP) is 4.85. The van der Waals surface area contributed by atoms with E-state index >= 15 is 0 Å². The minimum absolute atomic E-state index is 0.0249. The van der Waals surface area contributed by atoms with Crippen molar-refractivity contribution in [1.82, 2.24) is 0 Å². The second-order valence-corrected chi connectivity index (χ2v) is 6.64. The van der Waals surface area contributed by atoms with E-state index in [1.165, 1.54) is 69.8 Å². The molecular formula is C18H27N. The Kier molecular flexibility index (Phi) is 3.93. The molecule has 2 saturated carbocycles. The van der Waals surface area contributed by atoms with Gasteiger partial charge in [0, 0.05) is 5.54 Å². The first-order chi connectivity index (χ1) is 9.30. The highest BCUT2D eigenvalue weighted by Gasteiger charge is 2.34. The van der Waals surface area contributed by atoms with Crippen molar-refractivity contribution in [3.63, 3.8) is 0 Å². The van der Waals surface area contributed by atoms with E-state index in [1.807, 2.05) is 0 Å². The summed E-state index contributed by atoms with van der Waals surface area (Å²) in [5.74, 6) is 0.764. The van der Waals surface area contributed by atoms with Gasteiger partial charge in [-0.3, -0.25) is 0 Å². The first kappa shape index (κ1) is 13.2. The lowest BCUT2D eigenvalue weighted by atomic mass is 9.79. The largest absolute Gasteiger partial charge is 0.321 e. The zero-order valence-electron chi connectivity index (χ0n) is 12.0. The molecule has 0 amide bonds. The van der Waals surface area contributed by atoms with Crippen molar-refractivity contribution in [2.75, 3.05) is 0 Å². The zero-order valence-corrected chi connectivity index (χ0v) is 12.0. The Hall–Kier alpha value is -0.820. The summed E-state index contributed by atoms with van der Waals surface area (Å²) in [7, 11) is 0. The molecule has 0 heterocycles. The molecule has 1 aromatic carbocycles. The van der Waals surface area contributed by atoms with Crippen LogP contribution in [0.3, 0.4) is 0 Å². The number of hydrogen-bond acceptors (Lipinski definition) is 1. The second-order valence-electron chi connectivity index (χ2n) is 6.64. The van der Waals surface area contributed by atoms with Crippen LogP contribution >= 0.6 is 0 Å². The minimum Gasteiger partial charge on any atom is -0.321 e. The molecule has 2 aliphatic carbocycles. The second kappa shape index (κ2) is 5.66. The summed E-state index contributed by atoms with van der Waals surface area (Å²) in [5, 5.41) is 0. The third kappa shape index (κ3) is 2.72. The molecular weight excluding hydrogens is 230 g/mol. The smallest absolute Gasteiger partial charge is 0.0412 e. The molecule has 2 aliphatic rings. The van der Waals surface area contributed by atoms with Crippen LogP contribution in [-0.4, -0.2) is 0 Å². The fourth-order valence-corrected chi connectivity index (χ4v) is 4.17. The van der Waals surface area contributed by atoms with Crippen LogP contribution in [0, 0.1) is 0 Å². The molecule has 19 heavy (non-hydrogen) atoms. The molecule has 0 saturated heterocycles. The Bertz CT molecular complexity index is 409. The van der Waals surface area contributed by atoms with E-state index in [-0.39, 0.29) is 5.54 Å². The van der Waals surface area contributed by atoms with E-state index < -0.39 is 0 Å². The lowest BCUT2D eigenvalue weighted by Crippen LogP contribution is -2.34. The third-order valence-electron chi connectivity index (χ3n) is 5.29. The van der Waals surface area contributed by atoms with Crippen LogP contribution in [0.15, 0.2) is 24.3 Å². The van der Waals surface area contributed by atoms with E-state index in [1.54, 1.807) is 5.56 Å². The molecule has 1 nitrogen and oxygen atoms in total. The predicted molar refractivity (Wildman–Crippen MR) is 81.2 cm³/mol. The Balaban J connectivity index is 1.92. The highest BCUT2D eigenvalue weighted by molar-refractivity contribution is 5.37. The van der Waals surface area contributed by atoms with Gasteiger partial charge in [-0.05, 0) is 42.7 Å². The minimum atomic E-state index is -0.0249. The van der Waals surface area contributed by atoms with Crippen molar-refractivity contribution in [1.29, 1.82) is 0 Å². The van der Waals surface area contributed by atoms with Gasteiger partial charge in [-0.2, -0.15) is 0 Å². The summed E-state index contributed by atoms with van der Waals surface area (Å²) < 4.78 is 0. The SMILES string of the molecule is NC1(c2ccccc2C2CCCCCC2)CCCC1. The highest BCUT2D eigenvalue weighted by atomic mass is 14.8. The molecule has 0 spiro atoms. The van der Waals surface area contributed by atoms with Crippen LogP contribution in [0.1, 0.15) is 81.3 Å². The van der Waals surface area contributed by atoms with Gasteiger partial charge in [-0.25, -0.2) is 0 Å². The first-order valence-corrected chi connectivity index (χ1v) is 8.18. The van der Waals surface area contributed by atoms with Crippen molar-refractivity contribution in [2.24, 2.45) is 5.73 Å². The van der Waals surface area contributed by atoms with Crippen molar-refractivity contribution in [2.45, 2.75) is 75.7 Å². The molecule has 2 N–H and O–H groups in total. The van der Waals surface area contributed by atoms with Crippen LogP contribution in [-0.2, 0) is 5.54 Å². The van der Waals surface area contributed by atoms with Gasteiger partial charge >= 0.3 is 0 Å². The van der Waals surface area contributed by atoms with Gasteiger partial charge in [-0.1, -0.05) is 62.8 Å². The molecule has 0 bridgehead atoms.